The molecule has 0 aliphatic heterocycles. The highest BCUT2D eigenvalue weighted by molar-refractivity contribution is 9.10. The molecule has 0 spiro atoms. The van der Waals surface area contributed by atoms with Crippen LogP contribution in [0.15, 0.2) is 39.4 Å². The SMILES string of the molecule is CCC(NS(=O)(=O)c1cncc(Br)c1)c1nccs1. The predicted octanol–water partition coefficient (Wildman–Crippen LogP) is 2.73. The molecule has 0 saturated heterocycles. The molecule has 0 radical (unpaired) electrons. The topological polar surface area (TPSA) is 72.0 Å². The standard InChI is InChI=1S/C11H12BrN3O2S2/c1-2-10(11-14-3-4-18-11)15-19(16,17)9-5-8(12)6-13-7-9/h3-7,10,15H,2H2,1H3. The van der Waals surface area contributed by atoms with Crippen LogP contribution in [-0.4, -0.2) is 18.4 Å². The molecule has 0 fully saturated rings. The molecule has 8 heteroatoms. The average molecular weight is 362 g/mol. The number of nitrogens with zero attached hydrogens (tertiary/aromatic N) is 2. The Morgan fingerprint density at radius 1 is 1.47 bits per heavy atom. The number of nitrogens with one attached hydrogen (secondary N) is 1. The Kier molecular flexibility index (Phi) is 4.67. The molecule has 0 bridgehead atoms. The number of rotatable bonds is 5. The Bertz CT molecular complexity index is 644. The molecule has 1 N–H and O–H groups in total. The van der Waals surface area contributed by atoms with Gasteiger partial charge in [0.05, 0.1) is 6.04 Å². The molecule has 1 atom stereocenters. The normalized spacial score (nSPS) is 13.4. The zero-order valence-electron chi connectivity index (χ0n) is 10.1. The summed E-state index contributed by atoms with van der Waals surface area (Å²) in [6.07, 6.45) is 5.16. The first-order chi connectivity index (χ1) is 9.03. The van der Waals surface area contributed by atoms with E-state index in [4.69, 9.17) is 0 Å². The lowest BCUT2D eigenvalue weighted by Gasteiger charge is -2.14. The summed E-state index contributed by atoms with van der Waals surface area (Å²) in [4.78, 5) is 8.15. The summed E-state index contributed by atoms with van der Waals surface area (Å²) in [5.41, 5.74) is 0. The van der Waals surface area contributed by atoms with E-state index in [9.17, 15) is 8.42 Å². The van der Waals surface area contributed by atoms with Gasteiger partial charge in [0, 0.05) is 28.4 Å². The van der Waals surface area contributed by atoms with Crippen molar-refractivity contribution in [1.82, 2.24) is 14.7 Å². The average Bonchev–Trinajstić information content (AvgIpc) is 2.90. The van der Waals surface area contributed by atoms with Crippen molar-refractivity contribution in [1.29, 1.82) is 0 Å². The third-order valence-electron chi connectivity index (χ3n) is 2.45. The molecule has 0 aromatic carbocycles. The fourth-order valence-electron chi connectivity index (χ4n) is 1.51. The molecule has 2 aromatic heterocycles. The summed E-state index contributed by atoms with van der Waals surface area (Å²) in [5.74, 6) is 0. The maximum Gasteiger partial charge on any atom is 0.242 e. The van der Waals surface area contributed by atoms with Gasteiger partial charge in [-0.25, -0.2) is 18.1 Å². The van der Waals surface area contributed by atoms with E-state index in [0.29, 0.717) is 10.9 Å². The lowest BCUT2D eigenvalue weighted by Crippen LogP contribution is -2.28. The van der Waals surface area contributed by atoms with E-state index >= 15 is 0 Å². The van der Waals surface area contributed by atoms with Gasteiger partial charge in [-0.15, -0.1) is 11.3 Å². The minimum Gasteiger partial charge on any atom is -0.262 e. The molecule has 2 aromatic rings. The van der Waals surface area contributed by atoms with Crippen LogP contribution in [0.3, 0.4) is 0 Å². The van der Waals surface area contributed by atoms with Crippen LogP contribution >= 0.6 is 27.3 Å². The van der Waals surface area contributed by atoms with Crippen molar-refractivity contribution in [3.05, 3.63) is 39.5 Å². The summed E-state index contributed by atoms with van der Waals surface area (Å²) in [5, 5.41) is 2.58. The summed E-state index contributed by atoms with van der Waals surface area (Å²) in [6, 6.07) is 1.20. The zero-order chi connectivity index (χ0) is 13.9. The van der Waals surface area contributed by atoms with Crippen molar-refractivity contribution in [2.45, 2.75) is 24.3 Å². The van der Waals surface area contributed by atoms with Crippen molar-refractivity contribution >= 4 is 37.3 Å². The maximum atomic E-state index is 12.3. The highest BCUT2D eigenvalue weighted by Gasteiger charge is 2.22. The summed E-state index contributed by atoms with van der Waals surface area (Å²) in [7, 11) is -3.60. The minimum atomic E-state index is -3.60. The Morgan fingerprint density at radius 3 is 2.84 bits per heavy atom. The van der Waals surface area contributed by atoms with E-state index < -0.39 is 10.0 Å². The van der Waals surface area contributed by atoms with Crippen molar-refractivity contribution in [3.8, 4) is 0 Å². The Hall–Kier alpha value is -0.830. The van der Waals surface area contributed by atoms with Crippen LogP contribution in [-0.2, 0) is 10.0 Å². The molecule has 102 valence electrons. The molecule has 0 aliphatic carbocycles. The lowest BCUT2D eigenvalue weighted by atomic mass is 10.3. The minimum absolute atomic E-state index is 0.136. The van der Waals surface area contributed by atoms with Gasteiger partial charge in [0.15, 0.2) is 0 Å². The Morgan fingerprint density at radius 2 is 2.26 bits per heavy atom. The first-order valence-electron chi connectivity index (χ1n) is 5.55. The van der Waals surface area contributed by atoms with Crippen LogP contribution in [0.25, 0.3) is 0 Å². The van der Waals surface area contributed by atoms with Crippen LogP contribution in [0, 0.1) is 0 Å². The summed E-state index contributed by atoms with van der Waals surface area (Å²) in [6.45, 7) is 1.91. The summed E-state index contributed by atoms with van der Waals surface area (Å²) >= 11 is 4.64. The molecule has 19 heavy (non-hydrogen) atoms. The third kappa shape index (κ3) is 3.59. The number of halogens is 1. The number of aromatic nitrogens is 2. The predicted molar refractivity (Wildman–Crippen MR) is 77.4 cm³/mol. The number of pyridine rings is 1. The molecular weight excluding hydrogens is 350 g/mol. The second-order valence-electron chi connectivity index (χ2n) is 3.79. The van der Waals surface area contributed by atoms with Crippen molar-refractivity contribution in [2.24, 2.45) is 0 Å². The fourth-order valence-corrected chi connectivity index (χ4v) is 4.14. The molecular formula is C11H12BrN3O2S2. The highest BCUT2D eigenvalue weighted by atomic mass is 79.9. The van der Waals surface area contributed by atoms with Gasteiger partial charge < -0.3 is 0 Å². The van der Waals surface area contributed by atoms with Gasteiger partial charge in [-0.1, -0.05) is 6.92 Å². The van der Waals surface area contributed by atoms with Crippen molar-refractivity contribution < 1.29 is 8.42 Å². The largest absolute Gasteiger partial charge is 0.262 e. The van der Waals surface area contributed by atoms with Crippen LogP contribution in [0.5, 0.6) is 0 Å². The van der Waals surface area contributed by atoms with E-state index in [-0.39, 0.29) is 10.9 Å². The van der Waals surface area contributed by atoms with E-state index in [1.54, 1.807) is 6.20 Å². The first kappa shape index (κ1) is 14.6. The van der Waals surface area contributed by atoms with Crippen LogP contribution in [0.1, 0.15) is 24.4 Å². The lowest BCUT2D eigenvalue weighted by molar-refractivity contribution is 0.548. The second-order valence-corrected chi connectivity index (χ2v) is 7.35. The smallest absolute Gasteiger partial charge is 0.242 e. The van der Waals surface area contributed by atoms with E-state index in [1.165, 1.54) is 29.8 Å². The maximum absolute atomic E-state index is 12.3. The van der Waals surface area contributed by atoms with Gasteiger partial charge in [0.25, 0.3) is 0 Å². The summed E-state index contributed by atoms with van der Waals surface area (Å²) < 4.78 is 27.8. The van der Waals surface area contributed by atoms with Gasteiger partial charge in [0.2, 0.25) is 10.0 Å². The van der Waals surface area contributed by atoms with Gasteiger partial charge in [-0.05, 0) is 28.4 Å². The van der Waals surface area contributed by atoms with E-state index in [2.05, 4.69) is 30.6 Å². The quantitative estimate of drug-likeness (QED) is 0.888. The molecule has 2 rings (SSSR count). The molecule has 0 saturated carbocycles. The monoisotopic (exact) mass is 361 g/mol. The van der Waals surface area contributed by atoms with Gasteiger partial charge in [-0.2, -0.15) is 0 Å². The molecule has 5 nitrogen and oxygen atoms in total. The van der Waals surface area contributed by atoms with Crippen molar-refractivity contribution in [3.63, 3.8) is 0 Å². The highest BCUT2D eigenvalue weighted by Crippen LogP contribution is 2.22. The van der Waals surface area contributed by atoms with Crippen molar-refractivity contribution in [2.75, 3.05) is 0 Å². The molecule has 0 amide bonds. The Balaban J connectivity index is 2.26. The first-order valence-corrected chi connectivity index (χ1v) is 8.71. The van der Waals surface area contributed by atoms with Gasteiger partial charge in [0.1, 0.15) is 9.90 Å². The molecule has 0 aliphatic rings. The van der Waals surface area contributed by atoms with Crippen LogP contribution in [0.2, 0.25) is 0 Å². The fraction of sp³-hybridized carbons (Fsp3) is 0.273. The zero-order valence-corrected chi connectivity index (χ0v) is 13.3. The number of thiazole rings is 1. The van der Waals surface area contributed by atoms with E-state index in [1.807, 2.05) is 12.3 Å². The third-order valence-corrected chi connectivity index (χ3v) is 5.21. The van der Waals surface area contributed by atoms with Gasteiger partial charge >= 0.3 is 0 Å². The molecule has 1 unspecified atom stereocenters. The van der Waals surface area contributed by atoms with Gasteiger partial charge in [-0.3, -0.25) is 4.98 Å². The Labute approximate surface area is 124 Å². The van der Waals surface area contributed by atoms with Crippen LogP contribution < -0.4 is 4.72 Å². The van der Waals surface area contributed by atoms with E-state index in [0.717, 1.165) is 5.01 Å². The van der Waals surface area contributed by atoms with Crippen LogP contribution in [0.4, 0.5) is 0 Å². The second kappa shape index (κ2) is 6.08. The number of sulfonamides is 1. The molecule has 2 heterocycles. The number of hydrogen-bond acceptors (Lipinski definition) is 5. The number of hydrogen-bond donors (Lipinski definition) is 1.